The van der Waals surface area contributed by atoms with Crippen LogP contribution in [0.2, 0.25) is 10.0 Å². The third-order valence-corrected chi connectivity index (χ3v) is 5.44. The Kier molecular flexibility index (Phi) is 6.80. The highest BCUT2D eigenvalue weighted by Gasteiger charge is 2.22. The van der Waals surface area contributed by atoms with Crippen LogP contribution in [0.3, 0.4) is 0 Å². The van der Waals surface area contributed by atoms with Gasteiger partial charge in [-0.15, -0.1) is 0 Å². The Morgan fingerprint density at radius 1 is 1.07 bits per heavy atom. The van der Waals surface area contributed by atoms with Crippen LogP contribution < -0.4 is 19.1 Å². The molecule has 146 valence electrons. The first-order chi connectivity index (χ1) is 12.7. The van der Waals surface area contributed by atoms with Crippen molar-refractivity contribution in [2.45, 2.75) is 0 Å². The van der Waals surface area contributed by atoms with Gasteiger partial charge in [-0.25, -0.2) is 8.42 Å². The molecule has 2 rings (SSSR count). The molecule has 2 aromatic rings. The smallest absolute Gasteiger partial charge is 0.245 e. The van der Waals surface area contributed by atoms with Crippen molar-refractivity contribution in [1.82, 2.24) is 0 Å². The lowest BCUT2D eigenvalue weighted by atomic mass is 10.2. The van der Waals surface area contributed by atoms with Crippen LogP contribution in [0.1, 0.15) is 0 Å². The molecule has 0 fully saturated rings. The SMILES string of the molecule is COc1ccc(OC)c(NC(=O)CN(c2ccc(Cl)c(Cl)c2)S(C)(=O)=O)c1. The fraction of sp³-hybridized carbons (Fsp3) is 0.235. The molecular weight excluding hydrogens is 415 g/mol. The van der Waals surface area contributed by atoms with E-state index in [1.165, 1.54) is 32.4 Å². The third-order valence-electron chi connectivity index (χ3n) is 3.56. The molecule has 0 aliphatic carbocycles. The molecule has 0 aliphatic rings. The van der Waals surface area contributed by atoms with Crippen LogP contribution in [-0.2, 0) is 14.8 Å². The number of rotatable bonds is 7. The minimum Gasteiger partial charge on any atom is -0.497 e. The van der Waals surface area contributed by atoms with Crippen LogP contribution in [0.25, 0.3) is 0 Å². The van der Waals surface area contributed by atoms with E-state index in [4.69, 9.17) is 32.7 Å². The number of hydrogen-bond donors (Lipinski definition) is 1. The van der Waals surface area contributed by atoms with Crippen molar-refractivity contribution in [3.63, 3.8) is 0 Å². The van der Waals surface area contributed by atoms with Gasteiger partial charge in [0.25, 0.3) is 0 Å². The first kappa shape index (κ1) is 21.1. The van der Waals surface area contributed by atoms with Gasteiger partial charge >= 0.3 is 0 Å². The van der Waals surface area contributed by atoms with Crippen molar-refractivity contribution in [1.29, 1.82) is 0 Å². The second-order valence-electron chi connectivity index (χ2n) is 5.48. The van der Waals surface area contributed by atoms with E-state index >= 15 is 0 Å². The molecule has 1 N–H and O–H groups in total. The Morgan fingerprint density at radius 2 is 1.78 bits per heavy atom. The molecule has 0 unspecified atom stereocenters. The van der Waals surface area contributed by atoms with Crippen LogP contribution in [-0.4, -0.2) is 41.3 Å². The predicted octanol–water partition coefficient (Wildman–Crippen LogP) is 3.42. The second-order valence-corrected chi connectivity index (χ2v) is 8.20. The van der Waals surface area contributed by atoms with Crippen molar-refractivity contribution in [2.75, 3.05) is 36.6 Å². The monoisotopic (exact) mass is 432 g/mol. The summed E-state index contributed by atoms with van der Waals surface area (Å²) in [6, 6.07) is 9.18. The number of carbonyl (C=O) groups excluding carboxylic acids is 1. The van der Waals surface area contributed by atoms with Crippen molar-refractivity contribution >= 4 is 50.5 Å². The summed E-state index contributed by atoms with van der Waals surface area (Å²) in [5.74, 6) is 0.346. The molecular formula is C17H18Cl2N2O5S. The number of hydrogen-bond acceptors (Lipinski definition) is 5. The fourth-order valence-corrected chi connectivity index (χ4v) is 3.41. The van der Waals surface area contributed by atoms with Crippen LogP contribution >= 0.6 is 23.2 Å². The Bertz CT molecular complexity index is 950. The highest BCUT2D eigenvalue weighted by atomic mass is 35.5. The maximum Gasteiger partial charge on any atom is 0.245 e. The Hall–Kier alpha value is -2.16. The van der Waals surface area contributed by atoms with E-state index in [2.05, 4.69) is 5.32 Å². The number of anilines is 2. The minimum absolute atomic E-state index is 0.178. The van der Waals surface area contributed by atoms with Gasteiger partial charge in [0.2, 0.25) is 15.9 Å². The Balaban J connectivity index is 2.28. The van der Waals surface area contributed by atoms with Gasteiger partial charge in [-0.05, 0) is 30.3 Å². The number of halogens is 2. The number of amides is 1. The van der Waals surface area contributed by atoms with Gasteiger partial charge in [0, 0.05) is 6.07 Å². The number of ether oxygens (including phenoxy) is 2. The normalized spacial score (nSPS) is 11.0. The summed E-state index contributed by atoms with van der Waals surface area (Å²) < 4.78 is 35.6. The van der Waals surface area contributed by atoms with E-state index in [0.717, 1.165) is 10.6 Å². The van der Waals surface area contributed by atoms with E-state index in [1.807, 2.05) is 0 Å². The van der Waals surface area contributed by atoms with Gasteiger partial charge in [-0.3, -0.25) is 9.10 Å². The van der Waals surface area contributed by atoms with Gasteiger partial charge in [0.15, 0.2) is 0 Å². The predicted molar refractivity (Wildman–Crippen MR) is 107 cm³/mol. The molecule has 1 amide bonds. The fourth-order valence-electron chi connectivity index (χ4n) is 2.27. The molecule has 0 saturated heterocycles. The molecule has 27 heavy (non-hydrogen) atoms. The number of nitrogens with zero attached hydrogens (tertiary/aromatic N) is 1. The maximum atomic E-state index is 12.5. The summed E-state index contributed by atoms with van der Waals surface area (Å²) in [7, 11) is -0.805. The number of nitrogens with one attached hydrogen (secondary N) is 1. The van der Waals surface area contributed by atoms with E-state index in [1.54, 1.807) is 18.2 Å². The third kappa shape index (κ3) is 5.41. The summed E-state index contributed by atoms with van der Waals surface area (Å²) in [6.07, 6.45) is 0.995. The van der Waals surface area contributed by atoms with Gasteiger partial charge in [0.05, 0.1) is 41.9 Å². The van der Waals surface area contributed by atoms with Crippen molar-refractivity contribution < 1.29 is 22.7 Å². The molecule has 0 spiro atoms. The van der Waals surface area contributed by atoms with Crippen LogP contribution in [0.4, 0.5) is 11.4 Å². The number of sulfonamides is 1. The lowest BCUT2D eigenvalue weighted by Gasteiger charge is -2.22. The molecule has 10 heteroatoms. The lowest BCUT2D eigenvalue weighted by Crippen LogP contribution is -2.37. The second kappa shape index (κ2) is 8.69. The van der Waals surface area contributed by atoms with E-state index in [0.29, 0.717) is 17.2 Å². The zero-order valence-corrected chi connectivity index (χ0v) is 17.2. The van der Waals surface area contributed by atoms with Gasteiger partial charge in [-0.1, -0.05) is 23.2 Å². The van der Waals surface area contributed by atoms with Gasteiger partial charge in [-0.2, -0.15) is 0 Å². The van der Waals surface area contributed by atoms with Crippen LogP contribution in [0, 0.1) is 0 Å². The van der Waals surface area contributed by atoms with E-state index < -0.39 is 22.5 Å². The standard InChI is InChI=1S/C17H18Cl2N2O5S/c1-25-12-5-7-16(26-2)15(9-12)20-17(22)10-21(27(3,23)24)11-4-6-13(18)14(19)8-11/h4-9H,10H2,1-3H3,(H,20,22). The largest absolute Gasteiger partial charge is 0.497 e. The van der Waals surface area contributed by atoms with Crippen molar-refractivity contribution in [3.05, 3.63) is 46.4 Å². The summed E-state index contributed by atoms with van der Waals surface area (Å²) in [4.78, 5) is 12.5. The molecule has 7 nitrogen and oxygen atoms in total. The van der Waals surface area contributed by atoms with Crippen LogP contribution in [0.5, 0.6) is 11.5 Å². The lowest BCUT2D eigenvalue weighted by molar-refractivity contribution is -0.114. The number of methoxy groups -OCH3 is 2. The molecule has 0 bridgehead atoms. The average molecular weight is 433 g/mol. The molecule has 0 atom stereocenters. The molecule has 0 aromatic heterocycles. The summed E-state index contributed by atoms with van der Waals surface area (Å²) in [5.41, 5.74) is 0.573. The minimum atomic E-state index is -3.75. The summed E-state index contributed by atoms with van der Waals surface area (Å²) >= 11 is 11.8. The van der Waals surface area contributed by atoms with Crippen LogP contribution in [0.15, 0.2) is 36.4 Å². The summed E-state index contributed by atoms with van der Waals surface area (Å²) in [6.45, 7) is -0.461. The van der Waals surface area contributed by atoms with Crippen molar-refractivity contribution in [3.8, 4) is 11.5 Å². The van der Waals surface area contributed by atoms with Gasteiger partial charge < -0.3 is 14.8 Å². The average Bonchev–Trinajstić information content (AvgIpc) is 2.61. The highest BCUT2D eigenvalue weighted by Crippen LogP contribution is 2.30. The van der Waals surface area contributed by atoms with E-state index in [9.17, 15) is 13.2 Å². The first-order valence-corrected chi connectivity index (χ1v) is 10.2. The molecule has 0 radical (unpaired) electrons. The number of carbonyl (C=O) groups is 1. The summed E-state index contributed by atoms with van der Waals surface area (Å²) in [5, 5.41) is 3.08. The topological polar surface area (TPSA) is 84.9 Å². The first-order valence-electron chi connectivity index (χ1n) is 7.60. The quantitative estimate of drug-likeness (QED) is 0.724. The highest BCUT2D eigenvalue weighted by molar-refractivity contribution is 7.92. The Morgan fingerprint density at radius 3 is 2.33 bits per heavy atom. The Labute approximate surface area is 167 Å². The molecule has 2 aromatic carbocycles. The maximum absolute atomic E-state index is 12.5. The molecule has 0 aliphatic heterocycles. The zero-order valence-electron chi connectivity index (χ0n) is 14.8. The van der Waals surface area contributed by atoms with E-state index in [-0.39, 0.29) is 15.7 Å². The van der Waals surface area contributed by atoms with Gasteiger partial charge in [0.1, 0.15) is 18.0 Å². The molecule has 0 saturated carbocycles. The van der Waals surface area contributed by atoms with Crippen molar-refractivity contribution in [2.24, 2.45) is 0 Å². The number of benzene rings is 2. The molecule has 0 heterocycles. The zero-order chi connectivity index (χ0) is 20.2.